The Balaban J connectivity index is 2.19. The van der Waals surface area contributed by atoms with Gasteiger partial charge in [-0.3, -0.25) is 16.0 Å². The minimum atomic E-state index is 0.0981. The molecule has 0 bridgehead atoms. The van der Waals surface area contributed by atoms with Crippen molar-refractivity contribution in [3.05, 3.63) is 51.8 Å². The third-order valence-corrected chi connectivity index (χ3v) is 3.87. The predicted molar refractivity (Wildman–Crippen MR) is 75.9 cm³/mol. The molecular weight excluding hydrogens is 292 g/mol. The fourth-order valence-corrected chi connectivity index (χ4v) is 2.22. The number of rotatable bonds is 4. The van der Waals surface area contributed by atoms with Crippen molar-refractivity contribution < 1.29 is 0 Å². The molecule has 1 atom stereocenters. The quantitative estimate of drug-likeness (QED) is 0.673. The summed E-state index contributed by atoms with van der Waals surface area (Å²) in [5.41, 5.74) is 6.43. The van der Waals surface area contributed by atoms with E-state index in [-0.39, 0.29) is 6.04 Å². The zero-order chi connectivity index (χ0) is 13.1. The van der Waals surface area contributed by atoms with E-state index in [1.807, 2.05) is 19.4 Å². The molecule has 1 unspecified atom stereocenters. The Morgan fingerprint density at radius 1 is 1.50 bits per heavy atom. The number of hydrogen-bond donors (Lipinski definition) is 2. The molecule has 0 spiro atoms. The first kappa shape index (κ1) is 13.3. The number of nitrogens with one attached hydrogen (secondary N) is 1. The Hall–Kier alpha value is -1.17. The molecule has 0 aliphatic carbocycles. The molecule has 1 aromatic carbocycles. The summed E-state index contributed by atoms with van der Waals surface area (Å²) in [6, 6.07) is 6.38. The molecule has 96 valence electrons. The van der Waals surface area contributed by atoms with E-state index >= 15 is 0 Å². The topological polar surface area (TPSA) is 55.9 Å². The minimum Gasteiger partial charge on any atom is -0.276 e. The fourth-order valence-electron chi connectivity index (χ4n) is 1.97. The maximum atomic E-state index is 5.66. The normalized spacial score (nSPS) is 12.7. The maximum absolute atomic E-state index is 5.66. The minimum absolute atomic E-state index is 0.0981. The lowest BCUT2D eigenvalue weighted by molar-refractivity contribution is 0.551. The van der Waals surface area contributed by atoms with Crippen molar-refractivity contribution in [2.75, 3.05) is 0 Å². The summed E-state index contributed by atoms with van der Waals surface area (Å²) < 4.78 is 2.92. The Morgan fingerprint density at radius 3 is 2.83 bits per heavy atom. The van der Waals surface area contributed by atoms with Crippen LogP contribution in [-0.2, 0) is 13.5 Å². The van der Waals surface area contributed by atoms with Gasteiger partial charge in [-0.15, -0.1) is 0 Å². The second kappa shape index (κ2) is 5.65. The predicted octanol–water partition coefficient (Wildman–Crippen LogP) is 2.24. The van der Waals surface area contributed by atoms with Gasteiger partial charge in [0.05, 0.1) is 12.2 Å². The van der Waals surface area contributed by atoms with Gasteiger partial charge in [-0.25, -0.2) is 0 Å². The highest BCUT2D eigenvalue weighted by Gasteiger charge is 2.12. The highest BCUT2D eigenvalue weighted by atomic mass is 79.9. The van der Waals surface area contributed by atoms with Crippen LogP contribution < -0.4 is 11.3 Å². The van der Waals surface area contributed by atoms with Crippen LogP contribution in [-0.4, -0.2) is 9.78 Å². The summed E-state index contributed by atoms with van der Waals surface area (Å²) in [6.07, 6.45) is 4.71. The second-order valence-electron chi connectivity index (χ2n) is 4.45. The van der Waals surface area contributed by atoms with Gasteiger partial charge in [-0.1, -0.05) is 28.1 Å². The van der Waals surface area contributed by atoms with Crippen LogP contribution in [0.25, 0.3) is 0 Å². The summed E-state index contributed by atoms with van der Waals surface area (Å²) in [5, 5.41) is 4.17. The fraction of sp³-hybridized carbons (Fsp3) is 0.308. The van der Waals surface area contributed by atoms with Crippen molar-refractivity contribution in [3.63, 3.8) is 0 Å². The van der Waals surface area contributed by atoms with E-state index in [1.165, 1.54) is 16.7 Å². The first-order chi connectivity index (χ1) is 8.60. The largest absolute Gasteiger partial charge is 0.276 e. The van der Waals surface area contributed by atoms with Gasteiger partial charge in [-0.2, -0.15) is 5.10 Å². The summed E-state index contributed by atoms with van der Waals surface area (Å²) in [4.78, 5) is 0. The molecule has 5 heteroatoms. The van der Waals surface area contributed by atoms with Crippen LogP contribution in [0.4, 0.5) is 0 Å². The monoisotopic (exact) mass is 308 g/mol. The Kier molecular flexibility index (Phi) is 4.16. The number of hydrogen-bond acceptors (Lipinski definition) is 3. The standard InChI is InChI=1S/C13H17BrN4/c1-9-5-11(3-4-12(9)14)13(17-15)6-10-7-16-18(2)8-10/h3-5,7-8,13,17H,6,15H2,1-2H3. The van der Waals surface area contributed by atoms with E-state index in [4.69, 9.17) is 5.84 Å². The van der Waals surface area contributed by atoms with Gasteiger partial charge in [0.15, 0.2) is 0 Å². The van der Waals surface area contributed by atoms with Gasteiger partial charge in [0.2, 0.25) is 0 Å². The molecule has 0 aliphatic rings. The van der Waals surface area contributed by atoms with Crippen LogP contribution >= 0.6 is 15.9 Å². The van der Waals surface area contributed by atoms with E-state index in [0.29, 0.717) is 0 Å². The van der Waals surface area contributed by atoms with E-state index in [2.05, 4.69) is 51.6 Å². The van der Waals surface area contributed by atoms with Crippen LogP contribution in [0.3, 0.4) is 0 Å². The van der Waals surface area contributed by atoms with E-state index in [1.54, 1.807) is 4.68 Å². The van der Waals surface area contributed by atoms with Crippen molar-refractivity contribution in [2.24, 2.45) is 12.9 Å². The number of aromatic nitrogens is 2. The molecule has 0 amide bonds. The first-order valence-corrected chi connectivity index (χ1v) is 6.59. The molecule has 0 radical (unpaired) electrons. The van der Waals surface area contributed by atoms with E-state index in [9.17, 15) is 0 Å². The van der Waals surface area contributed by atoms with Crippen molar-refractivity contribution in [1.82, 2.24) is 15.2 Å². The number of hydrazine groups is 1. The number of benzene rings is 1. The lowest BCUT2D eigenvalue weighted by Crippen LogP contribution is -2.29. The van der Waals surface area contributed by atoms with Crippen molar-refractivity contribution in [3.8, 4) is 0 Å². The molecule has 4 nitrogen and oxygen atoms in total. The molecule has 18 heavy (non-hydrogen) atoms. The van der Waals surface area contributed by atoms with Crippen LogP contribution in [0.1, 0.15) is 22.7 Å². The SMILES string of the molecule is Cc1cc(C(Cc2cnn(C)c2)NN)ccc1Br. The highest BCUT2D eigenvalue weighted by Crippen LogP contribution is 2.23. The van der Waals surface area contributed by atoms with E-state index in [0.717, 1.165) is 10.9 Å². The van der Waals surface area contributed by atoms with Gasteiger partial charge in [0, 0.05) is 17.7 Å². The Labute approximate surface area is 115 Å². The third-order valence-electron chi connectivity index (χ3n) is 2.98. The van der Waals surface area contributed by atoms with Crippen LogP contribution in [0.2, 0.25) is 0 Å². The molecule has 3 N–H and O–H groups in total. The molecular formula is C13H17BrN4. The van der Waals surface area contributed by atoms with E-state index < -0.39 is 0 Å². The molecule has 0 aliphatic heterocycles. The number of halogens is 1. The average Bonchev–Trinajstić information content (AvgIpc) is 2.75. The Bertz CT molecular complexity index is 536. The number of nitrogens with two attached hydrogens (primary N) is 1. The molecule has 0 fully saturated rings. The summed E-state index contributed by atoms with van der Waals surface area (Å²) in [6.45, 7) is 2.07. The molecule has 1 heterocycles. The third kappa shape index (κ3) is 2.98. The lowest BCUT2D eigenvalue weighted by Gasteiger charge is -2.16. The Morgan fingerprint density at radius 2 is 2.28 bits per heavy atom. The second-order valence-corrected chi connectivity index (χ2v) is 5.31. The average molecular weight is 309 g/mol. The van der Waals surface area contributed by atoms with Gasteiger partial charge in [0.1, 0.15) is 0 Å². The van der Waals surface area contributed by atoms with Crippen LogP contribution in [0.15, 0.2) is 35.1 Å². The zero-order valence-electron chi connectivity index (χ0n) is 10.5. The molecule has 2 aromatic rings. The van der Waals surface area contributed by atoms with Gasteiger partial charge >= 0.3 is 0 Å². The molecule has 2 rings (SSSR count). The van der Waals surface area contributed by atoms with Crippen LogP contribution in [0, 0.1) is 6.92 Å². The smallest absolute Gasteiger partial charge is 0.0522 e. The van der Waals surface area contributed by atoms with Gasteiger partial charge in [0.25, 0.3) is 0 Å². The molecule has 0 saturated carbocycles. The number of nitrogens with zero attached hydrogens (tertiary/aromatic N) is 2. The van der Waals surface area contributed by atoms with Gasteiger partial charge in [-0.05, 0) is 36.1 Å². The number of aryl methyl sites for hydroxylation is 2. The van der Waals surface area contributed by atoms with Crippen molar-refractivity contribution in [2.45, 2.75) is 19.4 Å². The van der Waals surface area contributed by atoms with Crippen LogP contribution in [0.5, 0.6) is 0 Å². The maximum Gasteiger partial charge on any atom is 0.0522 e. The van der Waals surface area contributed by atoms with Crippen molar-refractivity contribution >= 4 is 15.9 Å². The molecule has 1 aromatic heterocycles. The summed E-state index contributed by atoms with van der Waals surface area (Å²) in [5.74, 6) is 5.66. The van der Waals surface area contributed by atoms with Crippen molar-refractivity contribution in [1.29, 1.82) is 0 Å². The van der Waals surface area contributed by atoms with Gasteiger partial charge < -0.3 is 0 Å². The zero-order valence-corrected chi connectivity index (χ0v) is 12.1. The first-order valence-electron chi connectivity index (χ1n) is 5.80. The molecule has 0 saturated heterocycles. The summed E-state index contributed by atoms with van der Waals surface area (Å²) in [7, 11) is 1.91. The summed E-state index contributed by atoms with van der Waals surface area (Å²) >= 11 is 3.51. The lowest BCUT2D eigenvalue weighted by atomic mass is 10.00. The highest BCUT2D eigenvalue weighted by molar-refractivity contribution is 9.10.